The van der Waals surface area contributed by atoms with Crippen molar-refractivity contribution in [2.45, 2.75) is 25.4 Å². The number of aliphatic carboxylic acids is 1. The van der Waals surface area contributed by atoms with E-state index in [1.165, 1.54) is 6.26 Å². The lowest BCUT2D eigenvalue weighted by molar-refractivity contribution is -0.158. The molecule has 1 rings (SSSR count). The summed E-state index contributed by atoms with van der Waals surface area (Å²) in [7, 11) is 0. The van der Waals surface area contributed by atoms with E-state index in [2.05, 4.69) is 0 Å². The summed E-state index contributed by atoms with van der Waals surface area (Å²) in [6.45, 7) is 1.58. The van der Waals surface area contributed by atoms with Gasteiger partial charge in [0.2, 0.25) is 5.60 Å². The minimum absolute atomic E-state index is 0.554. The standard InChI is InChI=1S/C7H10O3/c1-7(6(8)9)4-2-3-5-10-7/h3,5H,2,4H2,1H3,(H,8,9)/t7-/m1/s1. The molecule has 1 heterocycles. The highest BCUT2D eigenvalue weighted by molar-refractivity contribution is 5.77. The molecular formula is C7H10O3. The van der Waals surface area contributed by atoms with Gasteiger partial charge >= 0.3 is 5.97 Å². The van der Waals surface area contributed by atoms with E-state index in [4.69, 9.17) is 9.84 Å². The Balaban J connectivity index is 2.68. The Hall–Kier alpha value is -0.990. The third-order valence-electron chi connectivity index (χ3n) is 1.66. The van der Waals surface area contributed by atoms with Gasteiger partial charge in [0.15, 0.2) is 0 Å². The van der Waals surface area contributed by atoms with Crippen LogP contribution in [0.5, 0.6) is 0 Å². The average Bonchev–Trinajstić information content (AvgIpc) is 1.89. The number of carboxylic acid groups (broad SMARTS) is 1. The maximum absolute atomic E-state index is 10.5. The Kier molecular flexibility index (Phi) is 1.66. The lowest BCUT2D eigenvalue weighted by atomic mass is 9.99. The molecule has 56 valence electrons. The van der Waals surface area contributed by atoms with Crippen molar-refractivity contribution in [1.29, 1.82) is 0 Å². The molecule has 10 heavy (non-hydrogen) atoms. The fraction of sp³-hybridized carbons (Fsp3) is 0.571. The van der Waals surface area contributed by atoms with Crippen molar-refractivity contribution >= 4 is 5.97 Å². The van der Waals surface area contributed by atoms with Crippen LogP contribution in [0.1, 0.15) is 19.8 Å². The zero-order valence-corrected chi connectivity index (χ0v) is 5.83. The van der Waals surface area contributed by atoms with Crippen LogP contribution in [0.25, 0.3) is 0 Å². The highest BCUT2D eigenvalue weighted by Crippen LogP contribution is 2.22. The van der Waals surface area contributed by atoms with Gasteiger partial charge in [0, 0.05) is 6.42 Å². The minimum Gasteiger partial charge on any atom is -0.484 e. The van der Waals surface area contributed by atoms with Crippen LogP contribution in [0.3, 0.4) is 0 Å². The first kappa shape index (κ1) is 7.12. The molecule has 0 amide bonds. The van der Waals surface area contributed by atoms with Crippen LogP contribution in [-0.2, 0) is 9.53 Å². The molecule has 0 saturated heterocycles. The number of carboxylic acids is 1. The Labute approximate surface area is 59.3 Å². The Morgan fingerprint density at radius 2 is 2.50 bits per heavy atom. The van der Waals surface area contributed by atoms with Gasteiger partial charge in [-0.1, -0.05) is 0 Å². The summed E-state index contributed by atoms with van der Waals surface area (Å²) in [5, 5.41) is 8.64. The number of allylic oxidation sites excluding steroid dienone is 1. The fourth-order valence-corrected chi connectivity index (χ4v) is 0.841. The van der Waals surface area contributed by atoms with Crippen LogP contribution in [0, 0.1) is 0 Å². The highest BCUT2D eigenvalue weighted by atomic mass is 16.5. The van der Waals surface area contributed by atoms with Crippen LogP contribution >= 0.6 is 0 Å². The van der Waals surface area contributed by atoms with Gasteiger partial charge in [0.05, 0.1) is 6.26 Å². The summed E-state index contributed by atoms with van der Waals surface area (Å²) in [6.07, 6.45) is 4.62. The molecule has 1 atom stereocenters. The van der Waals surface area contributed by atoms with Crippen molar-refractivity contribution in [2.75, 3.05) is 0 Å². The van der Waals surface area contributed by atoms with Gasteiger partial charge < -0.3 is 9.84 Å². The first-order valence-electron chi connectivity index (χ1n) is 3.21. The lowest BCUT2D eigenvalue weighted by Gasteiger charge is -2.26. The van der Waals surface area contributed by atoms with E-state index in [1.807, 2.05) is 6.08 Å². The predicted molar refractivity (Wildman–Crippen MR) is 35.5 cm³/mol. The first-order chi connectivity index (χ1) is 4.65. The molecule has 0 fully saturated rings. The van der Waals surface area contributed by atoms with Crippen LogP contribution in [-0.4, -0.2) is 16.7 Å². The molecule has 0 aromatic rings. The molecule has 1 aliphatic rings. The van der Waals surface area contributed by atoms with E-state index >= 15 is 0 Å². The van der Waals surface area contributed by atoms with E-state index in [-0.39, 0.29) is 0 Å². The second-order valence-corrected chi connectivity index (χ2v) is 2.56. The van der Waals surface area contributed by atoms with Gasteiger partial charge in [-0.2, -0.15) is 0 Å². The van der Waals surface area contributed by atoms with E-state index in [0.29, 0.717) is 6.42 Å². The first-order valence-corrected chi connectivity index (χ1v) is 3.21. The van der Waals surface area contributed by atoms with Crippen molar-refractivity contribution in [3.05, 3.63) is 12.3 Å². The maximum Gasteiger partial charge on any atom is 0.347 e. The highest BCUT2D eigenvalue weighted by Gasteiger charge is 2.34. The molecule has 0 unspecified atom stereocenters. The number of ether oxygens (including phenoxy) is 1. The average molecular weight is 142 g/mol. The van der Waals surface area contributed by atoms with Gasteiger partial charge in [-0.3, -0.25) is 0 Å². The van der Waals surface area contributed by atoms with E-state index in [9.17, 15) is 4.79 Å². The normalized spacial score (nSPS) is 31.3. The second-order valence-electron chi connectivity index (χ2n) is 2.56. The Bertz CT molecular complexity index is 174. The largest absolute Gasteiger partial charge is 0.484 e. The zero-order chi connectivity index (χ0) is 7.61. The molecule has 0 aliphatic carbocycles. The van der Waals surface area contributed by atoms with Gasteiger partial charge in [-0.05, 0) is 19.4 Å². The van der Waals surface area contributed by atoms with Crippen LogP contribution in [0.4, 0.5) is 0 Å². The van der Waals surface area contributed by atoms with Gasteiger partial charge in [-0.25, -0.2) is 4.79 Å². The maximum atomic E-state index is 10.5. The summed E-state index contributed by atoms with van der Waals surface area (Å²) in [5.41, 5.74) is -0.991. The quantitative estimate of drug-likeness (QED) is 0.597. The second kappa shape index (κ2) is 2.33. The number of hydrogen-bond donors (Lipinski definition) is 1. The summed E-state index contributed by atoms with van der Waals surface area (Å²) < 4.78 is 4.95. The summed E-state index contributed by atoms with van der Waals surface area (Å²) in [4.78, 5) is 10.5. The monoisotopic (exact) mass is 142 g/mol. The lowest BCUT2D eigenvalue weighted by Crippen LogP contribution is -2.37. The Morgan fingerprint density at radius 1 is 1.80 bits per heavy atom. The van der Waals surface area contributed by atoms with E-state index in [0.717, 1.165) is 6.42 Å². The molecule has 3 nitrogen and oxygen atoms in total. The van der Waals surface area contributed by atoms with Gasteiger partial charge in [0.25, 0.3) is 0 Å². The molecule has 0 saturated carbocycles. The molecular weight excluding hydrogens is 132 g/mol. The smallest absolute Gasteiger partial charge is 0.347 e. The van der Waals surface area contributed by atoms with Gasteiger partial charge in [-0.15, -0.1) is 0 Å². The van der Waals surface area contributed by atoms with Crippen molar-refractivity contribution in [3.63, 3.8) is 0 Å². The molecule has 0 spiro atoms. The van der Waals surface area contributed by atoms with Crippen molar-refractivity contribution in [3.8, 4) is 0 Å². The number of hydrogen-bond acceptors (Lipinski definition) is 2. The molecule has 0 bridgehead atoms. The van der Waals surface area contributed by atoms with Crippen LogP contribution < -0.4 is 0 Å². The summed E-state index contributed by atoms with van der Waals surface area (Å²) >= 11 is 0. The molecule has 1 aliphatic heterocycles. The summed E-state index contributed by atoms with van der Waals surface area (Å²) in [6, 6.07) is 0. The molecule has 0 aromatic heterocycles. The van der Waals surface area contributed by atoms with Crippen LogP contribution in [0.2, 0.25) is 0 Å². The minimum atomic E-state index is -0.991. The van der Waals surface area contributed by atoms with Crippen molar-refractivity contribution in [2.24, 2.45) is 0 Å². The predicted octanol–water partition coefficient (Wildman–Crippen LogP) is 1.15. The molecule has 1 N–H and O–H groups in total. The van der Waals surface area contributed by atoms with Crippen LogP contribution in [0.15, 0.2) is 12.3 Å². The van der Waals surface area contributed by atoms with Crippen molar-refractivity contribution in [1.82, 2.24) is 0 Å². The SMILES string of the molecule is C[C@]1(C(=O)O)CCC=CO1. The molecule has 3 heteroatoms. The summed E-state index contributed by atoms with van der Waals surface area (Å²) in [5.74, 6) is -0.892. The van der Waals surface area contributed by atoms with Gasteiger partial charge in [0.1, 0.15) is 0 Å². The third-order valence-corrected chi connectivity index (χ3v) is 1.66. The third kappa shape index (κ3) is 1.12. The number of rotatable bonds is 1. The zero-order valence-electron chi connectivity index (χ0n) is 5.83. The van der Waals surface area contributed by atoms with E-state index in [1.54, 1.807) is 6.92 Å². The Morgan fingerprint density at radius 3 is 2.80 bits per heavy atom. The molecule has 0 aromatic carbocycles. The number of carbonyl (C=O) groups is 1. The molecule has 0 radical (unpaired) electrons. The topological polar surface area (TPSA) is 46.5 Å². The fourth-order valence-electron chi connectivity index (χ4n) is 0.841. The van der Waals surface area contributed by atoms with Crippen molar-refractivity contribution < 1.29 is 14.6 Å². The van der Waals surface area contributed by atoms with E-state index < -0.39 is 11.6 Å².